The van der Waals surface area contributed by atoms with E-state index < -0.39 is 0 Å². The molecule has 75 heavy (non-hydrogen) atoms. The van der Waals surface area contributed by atoms with Gasteiger partial charge in [-0.15, -0.1) is 11.3 Å². The lowest BCUT2D eigenvalue weighted by Crippen LogP contribution is -2.04. The topological polar surface area (TPSA) is 48.5 Å². The second-order valence-electron chi connectivity index (χ2n) is 19.0. The first-order valence-electron chi connectivity index (χ1n) is 25.4. The van der Waals surface area contributed by atoms with Gasteiger partial charge in [-0.05, 0) is 58.1 Å². The van der Waals surface area contributed by atoms with E-state index in [9.17, 15) is 0 Å². The average molecular weight is 974 g/mol. The van der Waals surface area contributed by atoms with Crippen LogP contribution in [-0.4, -0.2) is 24.1 Å². The molecule has 6 heteroatoms. The molecule has 0 N–H and O–H groups in total. The highest BCUT2D eigenvalue weighted by molar-refractivity contribution is 7.27. The third-order valence-electron chi connectivity index (χ3n) is 14.8. The summed E-state index contributed by atoms with van der Waals surface area (Å²) in [7, 11) is 0. The van der Waals surface area contributed by atoms with Crippen molar-refractivity contribution in [1.29, 1.82) is 0 Å². The summed E-state index contributed by atoms with van der Waals surface area (Å²) in [5, 5.41) is 7.30. The number of thiophene rings is 1. The number of fused-ring (bicyclic) bond motifs is 11. The van der Waals surface area contributed by atoms with Crippen molar-refractivity contribution < 1.29 is 0 Å². The van der Waals surface area contributed by atoms with Gasteiger partial charge >= 0.3 is 0 Å². The van der Waals surface area contributed by atoms with Gasteiger partial charge in [-0.3, -0.25) is 0 Å². The van der Waals surface area contributed by atoms with E-state index in [1.54, 1.807) is 0 Å². The molecule has 0 aliphatic rings. The smallest absolute Gasteiger partial charge is 0.166 e. The molecule has 5 nitrogen and oxygen atoms in total. The van der Waals surface area contributed by atoms with Crippen LogP contribution >= 0.6 is 11.3 Å². The van der Waals surface area contributed by atoms with Crippen molar-refractivity contribution in [3.63, 3.8) is 0 Å². The van der Waals surface area contributed by atoms with E-state index in [1.165, 1.54) is 63.9 Å². The van der Waals surface area contributed by atoms with E-state index in [4.69, 9.17) is 15.0 Å². The zero-order chi connectivity index (χ0) is 49.4. The summed E-state index contributed by atoms with van der Waals surface area (Å²) < 4.78 is 7.45. The van der Waals surface area contributed by atoms with Gasteiger partial charge in [0.25, 0.3) is 0 Å². The molecule has 0 spiro atoms. The largest absolute Gasteiger partial charge is 0.307 e. The van der Waals surface area contributed by atoms with E-state index in [-0.39, 0.29) is 0 Å². The van der Waals surface area contributed by atoms with Crippen LogP contribution < -0.4 is 0 Å². The SMILES string of the molecule is c1ccc(-c2ccccc2-c2nc(-c3ccccc3-c3ccccc3)nc(-c3ccccc3-n3c4ccccc4c4ccc5c6ccc7c8ccccc8n(-c8ccccc8-c8ccccc8)c7c6sc5c43)n2)cc1. The fourth-order valence-electron chi connectivity index (χ4n) is 11.5. The standard InChI is InChI=1S/C69H43N5S/c1-4-22-44(23-5-1)47-28-10-12-33-56(47)67-70-68(57-34-13-11-29-48(57)45-24-6-2-7-25-45)72-69(71-67)58-35-17-21-39-62(58)74-61-38-20-16-32-51(61)53-41-43-55-54-42-40-52-50-31-15-19-37-60(50)73(63(52)65(54)75-66(55)64(53)74)59-36-18-14-30-49(59)46-26-8-3-9-27-46/h1-43H. The van der Waals surface area contributed by atoms with Gasteiger partial charge in [-0.1, -0.05) is 231 Å². The zero-order valence-corrected chi connectivity index (χ0v) is 41.3. The maximum atomic E-state index is 5.50. The molecule has 0 bridgehead atoms. The van der Waals surface area contributed by atoms with Gasteiger partial charge in [0.05, 0.1) is 42.8 Å². The van der Waals surface area contributed by atoms with E-state index >= 15 is 0 Å². The molecule has 0 unspecified atom stereocenters. The van der Waals surface area contributed by atoms with Crippen molar-refractivity contribution >= 4 is 75.1 Å². The molecular formula is C69H43N5S. The highest BCUT2D eigenvalue weighted by atomic mass is 32.1. The van der Waals surface area contributed by atoms with Gasteiger partial charge < -0.3 is 9.13 Å². The maximum absolute atomic E-state index is 5.50. The van der Waals surface area contributed by atoms with Crippen LogP contribution in [0.25, 0.3) is 143 Å². The van der Waals surface area contributed by atoms with Crippen LogP contribution in [0.3, 0.4) is 0 Å². The van der Waals surface area contributed by atoms with Crippen molar-refractivity contribution in [3.05, 3.63) is 261 Å². The minimum Gasteiger partial charge on any atom is -0.307 e. The van der Waals surface area contributed by atoms with Crippen molar-refractivity contribution in [2.45, 2.75) is 0 Å². The molecule has 4 aromatic heterocycles. The minimum atomic E-state index is 0.592. The van der Waals surface area contributed by atoms with Gasteiger partial charge in [-0.2, -0.15) is 0 Å². The first-order chi connectivity index (χ1) is 37.2. The number of para-hydroxylation sites is 4. The predicted octanol–water partition coefficient (Wildman–Crippen LogP) is 18.4. The molecule has 0 amide bonds. The Morgan fingerprint density at radius 1 is 0.240 bits per heavy atom. The first kappa shape index (κ1) is 42.9. The van der Waals surface area contributed by atoms with Crippen molar-refractivity contribution in [2.24, 2.45) is 0 Å². The van der Waals surface area contributed by atoms with Gasteiger partial charge in [0, 0.05) is 54.6 Å². The fourth-order valence-corrected chi connectivity index (χ4v) is 12.9. The summed E-state index contributed by atoms with van der Waals surface area (Å²) in [5.41, 5.74) is 16.2. The normalized spacial score (nSPS) is 11.7. The number of nitrogens with zero attached hydrogens (tertiary/aromatic N) is 5. The number of aromatic nitrogens is 5. The summed E-state index contributed by atoms with van der Waals surface area (Å²) in [6.45, 7) is 0. The van der Waals surface area contributed by atoms with E-state index in [0.29, 0.717) is 17.5 Å². The summed E-state index contributed by atoms with van der Waals surface area (Å²) in [4.78, 5) is 16.4. The van der Waals surface area contributed by atoms with Gasteiger partial charge in [0.2, 0.25) is 0 Å². The van der Waals surface area contributed by atoms with E-state index in [2.05, 4.69) is 270 Å². The molecule has 11 aromatic carbocycles. The Balaban J connectivity index is 1.01. The van der Waals surface area contributed by atoms with E-state index in [1.807, 2.05) is 11.3 Å². The Hall–Kier alpha value is -9.75. The third-order valence-corrected chi connectivity index (χ3v) is 16.1. The molecule has 0 aliphatic heterocycles. The summed E-state index contributed by atoms with van der Waals surface area (Å²) >= 11 is 1.89. The van der Waals surface area contributed by atoms with Crippen LogP contribution in [0, 0.1) is 0 Å². The van der Waals surface area contributed by atoms with Crippen LogP contribution in [0.4, 0.5) is 0 Å². The lowest BCUT2D eigenvalue weighted by atomic mass is 9.98. The van der Waals surface area contributed by atoms with Crippen LogP contribution in [0.5, 0.6) is 0 Å². The Bertz CT molecular complexity index is 4600. The highest BCUT2D eigenvalue weighted by Crippen LogP contribution is 2.48. The summed E-state index contributed by atoms with van der Waals surface area (Å²) in [6.07, 6.45) is 0. The molecule has 0 saturated carbocycles. The monoisotopic (exact) mass is 973 g/mol. The maximum Gasteiger partial charge on any atom is 0.166 e. The van der Waals surface area contributed by atoms with Crippen LogP contribution in [0.2, 0.25) is 0 Å². The number of benzene rings is 11. The summed E-state index contributed by atoms with van der Waals surface area (Å²) in [6, 6.07) is 93.1. The van der Waals surface area contributed by atoms with Gasteiger partial charge in [0.15, 0.2) is 17.5 Å². The number of hydrogen-bond acceptors (Lipinski definition) is 4. The molecule has 4 heterocycles. The fraction of sp³-hybridized carbons (Fsp3) is 0. The molecule has 15 aromatic rings. The van der Waals surface area contributed by atoms with Gasteiger partial charge in [-0.25, -0.2) is 15.0 Å². The Morgan fingerprint density at radius 3 is 1.03 bits per heavy atom. The second kappa shape index (κ2) is 17.5. The van der Waals surface area contributed by atoms with Crippen molar-refractivity contribution in [3.8, 4) is 78.9 Å². The predicted molar refractivity (Wildman–Crippen MR) is 314 cm³/mol. The quantitative estimate of drug-likeness (QED) is 0.152. The van der Waals surface area contributed by atoms with E-state index in [0.717, 1.165) is 61.4 Å². The van der Waals surface area contributed by atoms with Crippen LogP contribution in [-0.2, 0) is 0 Å². The van der Waals surface area contributed by atoms with Crippen LogP contribution in [0.1, 0.15) is 0 Å². The molecular weight excluding hydrogens is 931 g/mol. The Labute approximate surface area is 436 Å². The molecule has 0 saturated heterocycles. The molecule has 0 radical (unpaired) electrons. The number of rotatable bonds is 8. The van der Waals surface area contributed by atoms with Crippen molar-refractivity contribution in [1.82, 2.24) is 24.1 Å². The van der Waals surface area contributed by atoms with Crippen LogP contribution in [0.15, 0.2) is 261 Å². The third kappa shape index (κ3) is 6.88. The lowest BCUT2D eigenvalue weighted by molar-refractivity contribution is 1.07. The minimum absolute atomic E-state index is 0.592. The first-order valence-corrected chi connectivity index (χ1v) is 26.2. The highest BCUT2D eigenvalue weighted by Gasteiger charge is 2.25. The molecule has 350 valence electrons. The molecule has 0 aliphatic carbocycles. The Kier molecular flexibility index (Phi) is 10.00. The zero-order valence-electron chi connectivity index (χ0n) is 40.5. The molecule has 0 fully saturated rings. The lowest BCUT2D eigenvalue weighted by Gasteiger charge is -2.16. The Morgan fingerprint density at radius 2 is 0.560 bits per heavy atom. The van der Waals surface area contributed by atoms with Crippen molar-refractivity contribution in [2.75, 3.05) is 0 Å². The summed E-state index contributed by atoms with van der Waals surface area (Å²) in [5.74, 6) is 1.80. The number of hydrogen-bond donors (Lipinski definition) is 0. The molecule has 0 atom stereocenters. The second-order valence-corrected chi connectivity index (χ2v) is 20.0. The molecule has 15 rings (SSSR count). The van der Waals surface area contributed by atoms with Gasteiger partial charge in [0.1, 0.15) is 0 Å². The average Bonchev–Trinajstić information content (AvgIpc) is 4.26.